The van der Waals surface area contributed by atoms with Crippen LogP contribution < -0.4 is 10.1 Å². The van der Waals surface area contributed by atoms with Gasteiger partial charge in [-0.1, -0.05) is 12.1 Å². The second-order valence-corrected chi connectivity index (χ2v) is 11.6. The Morgan fingerprint density at radius 1 is 1.07 bits per heavy atom. The quantitative estimate of drug-likeness (QED) is 0.212. The monoisotopic (exact) mass is 622 g/mol. The molecular weight excluding hydrogens is 588 g/mol. The van der Waals surface area contributed by atoms with Gasteiger partial charge in [0, 0.05) is 32.1 Å². The molecular formula is C30H34F4N4O6. The summed E-state index contributed by atoms with van der Waals surface area (Å²) in [6.45, 7) is 4.41. The summed E-state index contributed by atoms with van der Waals surface area (Å²) in [5, 5.41) is 13.3. The maximum Gasteiger partial charge on any atom is 0.308 e. The van der Waals surface area contributed by atoms with Crippen molar-refractivity contribution < 1.29 is 46.5 Å². The lowest BCUT2D eigenvalue weighted by atomic mass is 9.94. The molecule has 2 heterocycles. The molecule has 0 spiro atoms. The number of hydrogen-bond acceptors (Lipinski definition) is 7. The molecule has 3 aromatic rings. The molecule has 2 amide bonds. The summed E-state index contributed by atoms with van der Waals surface area (Å²) in [6.07, 6.45) is -1.74. The number of amides is 2. The normalized spacial score (nSPS) is 15.6. The Morgan fingerprint density at radius 3 is 2.27 bits per heavy atom. The highest BCUT2D eigenvalue weighted by Crippen LogP contribution is 2.27. The SMILES string of the molecule is Cn1c(C(=O)N2CCC(C(=O)N[C@@H](CC(=O)OC(C)(C)C)C(O)COc3c(F)c(F)cc(F)c3F)CC2)nc2ccccc21. The van der Waals surface area contributed by atoms with E-state index in [-0.39, 0.29) is 43.7 Å². The molecule has 2 atom stereocenters. The molecule has 1 aliphatic heterocycles. The zero-order valence-corrected chi connectivity index (χ0v) is 24.7. The van der Waals surface area contributed by atoms with Crippen molar-refractivity contribution in [3.8, 4) is 5.75 Å². The van der Waals surface area contributed by atoms with Crippen molar-refractivity contribution in [3.05, 3.63) is 59.4 Å². The molecule has 4 rings (SSSR count). The number of carbonyl (C=O) groups is 3. The Balaban J connectivity index is 1.41. The first-order valence-electron chi connectivity index (χ1n) is 14.0. The number of nitrogens with zero attached hydrogens (tertiary/aromatic N) is 3. The second-order valence-electron chi connectivity index (χ2n) is 11.6. The van der Waals surface area contributed by atoms with E-state index >= 15 is 0 Å². The molecule has 0 aliphatic carbocycles. The molecule has 1 unspecified atom stereocenters. The Kier molecular flexibility index (Phi) is 9.81. The number of halogens is 4. The van der Waals surface area contributed by atoms with Crippen LogP contribution >= 0.6 is 0 Å². The van der Waals surface area contributed by atoms with Gasteiger partial charge in [-0.15, -0.1) is 0 Å². The number of ether oxygens (including phenoxy) is 2. The van der Waals surface area contributed by atoms with Gasteiger partial charge in [0.15, 0.2) is 23.2 Å². The van der Waals surface area contributed by atoms with Gasteiger partial charge >= 0.3 is 5.97 Å². The predicted molar refractivity (Wildman–Crippen MR) is 150 cm³/mol. The number of benzene rings is 2. The van der Waals surface area contributed by atoms with E-state index in [1.54, 1.807) is 43.4 Å². The Morgan fingerprint density at radius 2 is 1.68 bits per heavy atom. The van der Waals surface area contributed by atoms with Crippen molar-refractivity contribution in [1.29, 1.82) is 0 Å². The molecule has 0 radical (unpaired) electrons. The fraction of sp³-hybridized carbons (Fsp3) is 0.467. The van der Waals surface area contributed by atoms with Crippen LogP contribution in [0.15, 0.2) is 30.3 Å². The average molecular weight is 623 g/mol. The van der Waals surface area contributed by atoms with Gasteiger partial charge in [0.2, 0.25) is 17.5 Å². The van der Waals surface area contributed by atoms with E-state index in [1.807, 2.05) is 18.2 Å². The lowest BCUT2D eigenvalue weighted by Crippen LogP contribution is -2.51. The van der Waals surface area contributed by atoms with Gasteiger partial charge in [-0.05, 0) is 45.7 Å². The maximum atomic E-state index is 14.1. The number of likely N-dealkylation sites (tertiary alicyclic amines) is 1. The Bertz CT molecular complexity index is 1520. The number of carbonyl (C=O) groups excluding carboxylic acids is 3. The molecule has 2 N–H and O–H groups in total. The molecule has 14 heteroatoms. The second kappa shape index (κ2) is 13.2. The van der Waals surface area contributed by atoms with Gasteiger partial charge in [0.1, 0.15) is 18.3 Å². The number of aromatic nitrogens is 2. The number of hydrogen-bond donors (Lipinski definition) is 2. The summed E-state index contributed by atoms with van der Waals surface area (Å²) in [6, 6.07) is 5.99. The lowest BCUT2D eigenvalue weighted by Gasteiger charge is -2.32. The van der Waals surface area contributed by atoms with Crippen LogP contribution in [0.1, 0.15) is 50.7 Å². The van der Waals surface area contributed by atoms with Crippen molar-refractivity contribution in [1.82, 2.24) is 19.8 Å². The number of piperidine rings is 1. The molecule has 1 saturated heterocycles. The number of fused-ring (bicyclic) bond motifs is 1. The topological polar surface area (TPSA) is 123 Å². The minimum absolute atomic E-state index is 0.0107. The number of esters is 1. The Hall–Kier alpha value is -4.20. The van der Waals surface area contributed by atoms with E-state index in [2.05, 4.69) is 10.3 Å². The third-order valence-electron chi connectivity index (χ3n) is 7.20. The van der Waals surface area contributed by atoms with Crippen LogP contribution in [0.4, 0.5) is 17.6 Å². The molecule has 1 aromatic heterocycles. The summed E-state index contributed by atoms with van der Waals surface area (Å²) in [5.41, 5.74) is 0.590. The zero-order valence-electron chi connectivity index (χ0n) is 24.7. The number of imidazole rings is 1. The fourth-order valence-corrected chi connectivity index (χ4v) is 4.93. The number of rotatable bonds is 9. The van der Waals surface area contributed by atoms with Gasteiger partial charge in [-0.2, -0.15) is 8.78 Å². The standard InChI is InChI=1S/C30H34F4N4O6/c1-30(2,3)44-23(40)14-20(22(39)15-43-26-24(33)17(31)13-18(32)25(26)34)36-28(41)16-9-11-38(12-10-16)29(42)27-35-19-7-5-6-8-21(19)37(27)4/h5-8,13,16,20,22,39H,9-12,14-15H2,1-4H3,(H,36,41)/t20-,22?/m0/s1. The fourth-order valence-electron chi connectivity index (χ4n) is 4.93. The van der Waals surface area contributed by atoms with Crippen LogP contribution in [0.2, 0.25) is 0 Å². The van der Waals surface area contributed by atoms with E-state index < -0.39 is 77.6 Å². The highest BCUT2D eigenvalue weighted by atomic mass is 19.2. The van der Waals surface area contributed by atoms with Crippen molar-refractivity contribution in [2.45, 2.75) is 57.8 Å². The van der Waals surface area contributed by atoms with E-state index in [9.17, 15) is 37.1 Å². The summed E-state index contributed by atoms with van der Waals surface area (Å²) >= 11 is 0. The molecule has 10 nitrogen and oxygen atoms in total. The zero-order chi connectivity index (χ0) is 32.3. The summed E-state index contributed by atoms with van der Waals surface area (Å²) in [4.78, 5) is 45.0. The highest BCUT2D eigenvalue weighted by molar-refractivity contribution is 5.95. The van der Waals surface area contributed by atoms with Crippen LogP contribution in [-0.2, 0) is 21.4 Å². The van der Waals surface area contributed by atoms with E-state index in [0.717, 1.165) is 5.52 Å². The number of para-hydroxylation sites is 2. The lowest BCUT2D eigenvalue weighted by molar-refractivity contribution is -0.156. The van der Waals surface area contributed by atoms with Crippen molar-refractivity contribution >= 4 is 28.8 Å². The van der Waals surface area contributed by atoms with E-state index in [0.29, 0.717) is 5.52 Å². The van der Waals surface area contributed by atoms with Crippen LogP contribution in [0.5, 0.6) is 5.75 Å². The minimum Gasteiger partial charge on any atom is -0.485 e. The number of aliphatic hydroxyl groups is 1. The van der Waals surface area contributed by atoms with Gasteiger partial charge in [-0.25, -0.2) is 13.8 Å². The summed E-state index contributed by atoms with van der Waals surface area (Å²) in [5.74, 6) is -10.3. The molecule has 2 aromatic carbocycles. The third-order valence-corrected chi connectivity index (χ3v) is 7.20. The minimum atomic E-state index is -1.80. The van der Waals surface area contributed by atoms with Crippen LogP contribution in [0.3, 0.4) is 0 Å². The smallest absolute Gasteiger partial charge is 0.308 e. The summed E-state index contributed by atoms with van der Waals surface area (Å²) < 4.78 is 67.1. The largest absolute Gasteiger partial charge is 0.485 e. The molecule has 0 bridgehead atoms. The van der Waals surface area contributed by atoms with Crippen molar-refractivity contribution in [2.24, 2.45) is 13.0 Å². The first-order valence-corrected chi connectivity index (χ1v) is 14.0. The third kappa shape index (κ3) is 7.47. The molecule has 238 valence electrons. The first-order chi connectivity index (χ1) is 20.7. The molecule has 44 heavy (non-hydrogen) atoms. The van der Waals surface area contributed by atoms with E-state index in [4.69, 9.17) is 9.47 Å². The van der Waals surface area contributed by atoms with Gasteiger partial charge < -0.3 is 29.4 Å². The van der Waals surface area contributed by atoms with Crippen molar-refractivity contribution in [3.63, 3.8) is 0 Å². The summed E-state index contributed by atoms with van der Waals surface area (Å²) in [7, 11) is 1.75. The average Bonchev–Trinajstić information content (AvgIpc) is 3.30. The van der Waals surface area contributed by atoms with Gasteiger partial charge in [0.25, 0.3) is 5.91 Å². The van der Waals surface area contributed by atoms with Crippen LogP contribution in [-0.4, -0.2) is 74.8 Å². The Labute approximate surface area is 250 Å². The number of aryl methyl sites for hydroxylation is 1. The predicted octanol–water partition coefficient (Wildman–Crippen LogP) is 3.64. The molecule has 0 saturated carbocycles. The highest BCUT2D eigenvalue weighted by Gasteiger charge is 2.34. The number of aliphatic hydroxyl groups excluding tert-OH is 1. The molecule has 1 fully saturated rings. The maximum absolute atomic E-state index is 14.1. The molecule has 1 aliphatic rings. The first kappa shape index (κ1) is 32.7. The van der Waals surface area contributed by atoms with Crippen LogP contribution in [0, 0.1) is 29.2 Å². The van der Waals surface area contributed by atoms with E-state index in [1.165, 1.54) is 0 Å². The van der Waals surface area contributed by atoms with Gasteiger partial charge in [0.05, 0.1) is 23.5 Å². The number of nitrogens with one attached hydrogen (secondary N) is 1. The van der Waals surface area contributed by atoms with Crippen LogP contribution in [0.25, 0.3) is 11.0 Å². The van der Waals surface area contributed by atoms with Gasteiger partial charge in [-0.3, -0.25) is 14.4 Å². The van der Waals surface area contributed by atoms with Crippen molar-refractivity contribution in [2.75, 3.05) is 19.7 Å².